The molecule has 27 heavy (non-hydrogen) atoms. The Morgan fingerprint density at radius 1 is 1.22 bits per heavy atom. The molecule has 3 rings (SSSR count). The zero-order valence-electron chi connectivity index (χ0n) is 16.0. The van der Waals surface area contributed by atoms with Crippen LogP contribution in [0.1, 0.15) is 36.2 Å². The van der Waals surface area contributed by atoms with Gasteiger partial charge in [0.25, 0.3) is 5.91 Å². The molecule has 1 amide bonds. The first kappa shape index (κ1) is 20.9. The molecule has 1 aliphatic rings. The summed E-state index contributed by atoms with van der Waals surface area (Å²) in [6.45, 7) is 5.46. The van der Waals surface area contributed by atoms with Gasteiger partial charge in [0, 0.05) is 23.5 Å². The Bertz CT molecular complexity index is 808. The maximum Gasteiger partial charge on any atom is 0.258 e. The highest BCUT2D eigenvalue weighted by Crippen LogP contribution is 2.34. The third-order valence-corrected chi connectivity index (χ3v) is 4.51. The van der Waals surface area contributed by atoms with Crippen molar-refractivity contribution in [2.75, 3.05) is 30.9 Å². The molecule has 2 aromatic carbocycles. The maximum absolute atomic E-state index is 13.1. The highest BCUT2D eigenvalue weighted by Gasteiger charge is 2.25. The Balaban J connectivity index is 0.00000261. The van der Waals surface area contributed by atoms with Crippen molar-refractivity contribution in [1.29, 1.82) is 0 Å². The summed E-state index contributed by atoms with van der Waals surface area (Å²) in [5, 5.41) is 0. The predicted molar refractivity (Wildman–Crippen MR) is 111 cm³/mol. The lowest BCUT2D eigenvalue weighted by Crippen LogP contribution is -2.35. The Kier molecular flexibility index (Phi) is 6.97. The van der Waals surface area contributed by atoms with Crippen LogP contribution in [0.25, 0.3) is 0 Å². The van der Waals surface area contributed by atoms with Gasteiger partial charge in [0.15, 0.2) is 11.5 Å². The van der Waals surface area contributed by atoms with Crippen molar-refractivity contribution in [2.45, 2.75) is 26.7 Å². The summed E-state index contributed by atoms with van der Waals surface area (Å²) >= 11 is 0. The van der Waals surface area contributed by atoms with Gasteiger partial charge in [-0.05, 0) is 54.7 Å². The van der Waals surface area contributed by atoms with Crippen molar-refractivity contribution >= 4 is 29.7 Å². The molecule has 1 aliphatic heterocycles. The van der Waals surface area contributed by atoms with Crippen LogP contribution in [-0.2, 0) is 6.42 Å². The van der Waals surface area contributed by atoms with E-state index in [1.807, 2.05) is 18.2 Å². The molecule has 0 atom stereocenters. The second kappa shape index (κ2) is 9.00. The number of benzene rings is 2. The van der Waals surface area contributed by atoms with E-state index in [1.54, 1.807) is 30.2 Å². The fourth-order valence-corrected chi connectivity index (χ4v) is 3.19. The molecule has 5 nitrogen and oxygen atoms in total. The normalized spacial score (nSPS) is 13.0. The lowest BCUT2D eigenvalue weighted by Gasteiger charge is -2.30. The minimum absolute atomic E-state index is 0. The average molecular weight is 391 g/mol. The molecule has 0 aromatic heterocycles. The Hall–Kier alpha value is -2.40. The van der Waals surface area contributed by atoms with Crippen molar-refractivity contribution < 1.29 is 14.3 Å². The monoisotopic (exact) mass is 390 g/mol. The van der Waals surface area contributed by atoms with Gasteiger partial charge in [-0.2, -0.15) is 0 Å². The second-order valence-electron chi connectivity index (χ2n) is 6.98. The van der Waals surface area contributed by atoms with Crippen LogP contribution < -0.4 is 20.1 Å². The molecule has 0 bridgehead atoms. The van der Waals surface area contributed by atoms with Crippen LogP contribution in [-0.4, -0.2) is 26.2 Å². The van der Waals surface area contributed by atoms with Gasteiger partial charge in [0.05, 0.1) is 13.7 Å². The summed E-state index contributed by atoms with van der Waals surface area (Å²) in [6, 6.07) is 11.1. The molecule has 0 aliphatic carbocycles. The molecule has 146 valence electrons. The van der Waals surface area contributed by atoms with E-state index in [0.717, 1.165) is 29.8 Å². The number of ether oxygens (including phenoxy) is 2. The van der Waals surface area contributed by atoms with Gasteiger partial charge in [0.2, 0.25) is 0 Å². The molecule has 2 aromatic rings. The van der Waals surface area contributed by atoms with Crippen LogP contribution in [0.2, 0.25) is 0 Å². The van der Waals surface area contributed by atoms with Gasteiger partial charge in [-0.3, -0.25) is 4.79 Å². The first-order valence-corrected chi connectivity index (χ1v) is 9.01. The number of nitrogen functional groups attached to an aromatic ring is 1. The topological polar surface area (TPSA) is 64.8 Å². The Morgan fingerprint density at radius 3 is 2.70 bits per heavy atom. The number of halogens is 1. The maximum atomic E-state index is 13.1. The smallest absolute Gasteiger partial charge is 0.258 e. The largest absolute Gasteiger partial charge is 0.493 e. The SMILES string of the molecule is COc1cc(C(=O)N2CCCc3c(N)cccc32)ccc1OCC(C)C.Cl. The average Bonchev–Trinajstić information content (AvgIpc) is 2.65. The van der Waals surface area contributed by atoms with Crippen LogP contribution in [0.5, 0.6) is 11.5 Å². The van der Waals surface area contributed by atoms with Crippen molar-refractivity contribution in [3.63, 3.8) is 0 Å². The highest BCUT2D eigenvalue weighted by molar-refractivity contribution is 6.07. The summed E-state index contributed by atoms with van der Waals surface area (Å²) in [4.78, 5) is 14.9. The molecule has 0 fully saturated rings. The second-order valence-corrected chi connectivity index (χ2v) is 6.98. The first-order chi connectivity index (χ1) is 12.5. The highest BCUT2D eigenvalue weighted by atomic mass is 35.5. The summed E-state index contributed by atoms with van der Waals surface area (Å²) in [5.41, 5.74) is 9.37. The number of nitrogens with zero attached hydrogens (tertiary/aromatic N) is 1. The lowest BCUT2D eigenvalue weighted by molar-refractivity contribution is 0.0984. The number of nitrogens with two attached hydrogens (primary N) is 1. The summed E-state index contributed by atoms with van der Waals surface area (Å²) in [5.74, 6) is 1.59. The number of anilines is 2. The predicted octanol–water partition coefficient (Wildman–Crippen LogP) is 4.33. The number of methoxy groups -OCH3 is 1. The van der Waals surface area contributed by atoms with Crippen LogP contribution in [0.15, 0.2) is 36.4 Å². The van der Waals surface area contributed by atoms with E-state index in [0.29, 0.717) is 36.1 Å². The minimum atomic E-state index is -0.0507. The van der Waals surface area contributed by atoms with E-state index in [9.17, 15) is 4.79 Å². The molecule has 1 heterocycles. The molecule has 0 unspecified atom stereocenters. The molecule has 6 heteroatoms. The van der Waals surface area contributed by atoms with E-state index in [1.165, 1.54) is 0 Å². The van der Waals surface area contributed by atoms with Crippen molar-refractivity contribution in [3.05, 3.63) is 47.5 Å². The quantitative estimate of drug-likeness (QED) is 0.772. The molecule has 0 saturated heterocycles. The Labute approximate surface area is 166 Å². The van der Waals surface area contributed by atoms with Crippen molar-refractivity contribution in [1.82, 2.24) is 0 Å². The van der Waals surface area contributed by atoms with Gasteiger partial charge in [-0.25, -0.2) is 0 Å². The molecular weight excluding hydrogens is 364 g/mol. The zero-order valence-corrected chi connectivity index (χ0v) is 16.8. The van der Waals surface area contributed by atoms with Crippen LogP contribution in [0.4, 0.5) is 11.4 Å². The molecule has 0 saturated carbocycles. The third-order valence-electron chi connectivity index (χ3n) is 4.51. The summed E-state index contributed by atoms with van der Waals surface area (Å²) < 4.78 is 11.2. The molecule has 0 radical (unpaired) electrons. The van der Waals surface area contributed by atoms with Gasteiger partial charge in [-0.1, -0.05) is 19.9 Å². The van der Waals surface area contributed by atoms with Gasteiger partial charge >= 0.3 is 0 Å². The number of amides is 1. The van der Waals surface area contributed by atoms with E-state index < -0.39 is 0 Å². The number of hydrogen-bond acceptors (Lipinski definition) is 4. The van der Waals surface area contributed by atoms with Gasteiger partial charge in [0.1, 0.15) is 0 Å². The summed E-state index contributed by atoms with van der Waals surface area (Å²) in [7, 11) is 1.59. The lowest BCUT2D eigenvalue weighted by atomic mass is 9.99. The minimum Gasteiger partial charge on any atom is -0.493 e. The summed E-state index contributed by atoms with van der Waals surface area (Å²) in [6.07, 6.45) is 1.80. The van der Waals surface area contributed by atoms with Crippen LogP contribution in [0.3, 0.4) is 0 Å². The van der Waals surface area contributed by atoms with Gasteiger partial charge in [-0.15, -0.1) is 12.4 Å². The third kappa shape index (κ3) is 4.48. The number of hydrogen-bond donors (Lipinski definition) is 1. The number of rotatable bonds is 5. The first-order valence-electron chi connectivity index (χ1n) is 9.01. The number of carbonyl (C=O) groups is 1. The van der Waals surface area contributed by atoms with Crippen LogP contribution in [0, 0.1) is 5.92 Å². The fourth-order valence-electron chi connectivity index (χ4n) is 3.19. The van der Waals surface area contributed by atoms with Crippen molar-refractivity contribution in [3.8, 4) is 11.5 Å². The van der Waals surface area contributed by atoms with E-state index in [2.05, 4.69) is 13.8 Å². The molecule has 0 spiro atoms. The zero-order chi connectivity index (χ0) is 18.7. The Morgan fingerprint density at radius 2 is 2.00 bits per heavy atom. The number of carbonyl (C=O) groups excluding carboxylic acids is 1. The number of fused-ring (bicyclic) bond motifs is 1. The standard InChI is InChI=1S/C21H26N2O3.ClH/c1-14(2)13-26-19-10-9-15(12-20(19)25-3)21(24)23-11-5-6-16-17(22)7-4-8-18(16)23;/h4,7-10,12,14H,5-6,11,13,22H2,1-3H3;1H. The molecule has 2 N–H and O–H groups in total. The molecular formula is C21H27ClN2O3. The van der Waals surface area contributed by atoms with Crippen molar-refractivity contribution in [2.24, 2.45) is 5.92 Å². The van der Waals surface area contributed by atoms with E-state index >= 15 is 0 Å². The van der Waals surface area contributed by atoms with E-state index in [4.69, 9.17) is 15.2 Å². The fraction of sp³-hybridized carbons (Fsp3) is 0.381. The van der Waals surface area contributed by atoms with Gasteiger partial charge < -0.3 is 20.1 Å². The van der Waals surface area contributed by atoms with Crippen LogP contribution >= 0.6 is 12.4 Å². The van der Waals surface area contributed by atoms with E-state index in [-0.39, 0.29) is 18.3 Å².